The summed E-state index contributed by atoms with van der Waals surface area (Å²) in [5.41, 5.74) is 7.75. The summed E-state index contributed by atoms with van der Waals surface area (Å²) in [7, 11) is 6.68. The van der Waals surface area contributed by atoms with Crippen LogP contribution >= 0.6 is 0 Å². The molecule has 0 aliphatic carbocycles. The normalized spacial score (nSPS) is 17.3. The van der Waals surface area contributed by atoms with E-state index in [0.29, 0.717) is 65.1 Å². The first kappa shape index (κ1) is 45.9. The molecule has 1 N–H and O–H groups in total. The van der Waals surface area contributed by atoms with Crippen LogP contribution in [0.15, 0.2) is 94.9 Å². The zero-order chi connectivity index (χ0) is 44.1. The van der Waals surface area contributed by atoms with Gasteiger partial charge in [0.2, 0.25) is 0 Å². The zero-order valence-corrected chi connectivity index (χ0v) is 37.3. The van der Waals surface area contributed by atoms with Crippen LogP contribution < -0.4 is 29.0 Å². The highest BCUT2D eigenvalue weighted by atomic mass is 16.5. The lowest BCUT2D eigenvalue weighted by molar-refractivity contribution is 0.0878. The van der Waals surface area contributed by atoms with Crippen molar-refractivity contribution in [3.63, 3.8) is 0 Å². The van der Waals surface area contributed by atoms with Crippen LogP contribution in [-0.2, 0) is 0 Å². The van der Waals surface area contributed by atoms with Gasteiger partial charge in [-0.15, -0.1) is 0 Å². The van der Waals surface area contributed by atoms with Gasteiger partial charge >= 0.3 is 0 Å². The van der Waals surface area contributed by atoms with E-state index in [0.717, 1.165) is 35.4 Å². The van der Waals surface area contributed by atoms with Crippen molar-refractivity contribution in [2.24, 2.45) is 33.7 Å². The van der Waals surface area contributed by atoms with E-state index in [4.69, 9.17) is 33.7 Å². The van der Waals surface area contributed by atoms with E-state index >= 15 is 0 Å². The molecule has 0 radical (unpaired) electrons. The van der Waals surface area contributed by atoms with Gasteiger partial charge in [-0.3, -0.25) is 19.6 Å². The number of nitrogens with one attached hydrogen (secondary N) is 1. The predicted octanol–water partition coefficient (Wildman–Crippen LogP) is 11.9. The summed E-state index contributed by atoms with van der Waals surface area (Å²) in [4.78, 5) is 36.3. The second kappa shape index (κ2) is 21.9. The number of hydrogen-bond donors (Lipinski definition) is 1. The number of methoxy groups -OCH3 is 3. The Kier molecular flexibility index (Phi) is 16.5. The number of rotatable bonds is 19. The molecule has 0 saturated carbocycles. The Bertz CT molecular complexity index is 2260. The molecule has 1 heterocycles. The molecule has 1 aliphatic rings. The fourth-order valence-corrected chi connectivity index (χ4v) is 7.49. The Balaban J connectivity index is 1.26. The summed E-state index contributed by atoms with van der Waals surface area (Å²) < 4.78 is 29.1. The van der Waals surface area contributed by atoms with Crippen molar-refractivity contribution in [2.75, 3.05) is 46.9 Å². The second-order valence-electron chi connectivity index (χ2n) is 15.4. The summed E-state index contributed by atoms with van der Waals surface area (Å²) in [6.45, 7) is 12.4. The van der Waals surface area contributed by atoms with Crippen molar-refractivity contribution in [1.82, 2.24) is 0 Å². The van der Waals surface area contributed by atoms with Crippen LogP contribution in [0.5, 0.6) is 28.7 Å². The monoisotopic (exact) mass is 827 g/mol. The summed E-state index contributed by atoms with van der Waals surface area (Å²) in [5, 5.41) is 3.18. The predicted molar refractivity (Wildman–Crippen MR) is 249 cm³/mol. The minimum absolute atomic E-state index is 0.0296. The summed E-state index contributed by atoms with van der Waals surface area (Å²) in [6, 6.07) is 23.4. The fourth-order valence-electron chi connectivity index (χ4n) is 7.49. The minimum Gasteiger partial charge on any atom is -0.497 e. The number of ether oxygens (including phenoxy) is 5. The van der Waals surface area contributed by atoms with E-state index in [-0.39, 0.29) is 35.2 Å². The number of ketones is 2. The summed E-state index contributed by atoms with van der Waals surface area (Å²) in [5.74, 6) is 2.53. The molecule has 322 valence electrons. The van der Waals surface area contributed by atoms with Crippen molar-refractivity contribution >= 4 is 52.2 Å². The lowest BCUT2D eigenvalue weighted by atomic mass is 9.76. The number of carbonyl (C=O) groups is 2. The second-order valence-corrected chi connectivity index (χ2v) is 15.4. The number of Topliss-reactive ketones (excluding diaryl/α,β-unsaturated/α-hetero) is 2. The van der Waals surface area contributed by atoms with Crippen LogP contribution in [-0.4, -0.2) is 65.6 Å². The van der Waals surface area contributed by atoms with Gasteiger partial charge in [-0.1, -0.05) is 57.2 Å². The molecule has 0 bridgehead atoms. The van der Waals surface area contributed by atoms with E-state index in [1.54, 1.807) is 45.6 Å². The average Bonchev–Trinajstić information content (AvgIpc) is 3.28. The van der Waals surface area contributed by atoms with E-state index < -0.39 is 0 Å². The third kappa shape index (κ3) is 11.6. The van der Waals surface area contributed by atoms with Crippen LogP contribution in [0.3, 0.4) is 0 Å². The molecule has 0 fully saturated rings. The third-order valence-electron chi connectivity index (χ3n) is 11.5. The maximum Gasteiger partial charge on any atom is 0.168 e. The van der Waals surface area contributed by atoms with Crippen molar-refractivity contribution in [3.8, 4) is 28.7 Å². The van der Waals surface area contributed by atoms with Crippen LogP contribution in [0.4, 0.5) is 17.1 Å². The van der Waals surface area contributed by atoms with Crippen LogP contribution in [0, 0.1) is 23.7 Å². The number of benzene rings is 4. The van der Waals surface area contributed by atoms with Crippen molar-refractivity contribution in [3.05, 3.63) is 107 Å². The zero-order valence-electron chi connectivity index (χ0n) is 37.3. The molecule has 0 saturated heterocycles. The molecule has 61 heavy (non-hydrogen) atoms. The summed E-state index contributed by atoms with van der Waals surface area (Å²) >= 11 is 0. The smallest absolute Gasteiger partial charge is 0.168 e. The van der Waals surface area contributed by atoms with E-state index in [1.807, 2.05) is 45.5 Å². The minimum atomic E-state index is -0.235. The molecule has 4 aromatic carbocycles. The number of fused-ring (bicyclic) bond motifs is 1. The Hall–Kier alpha value is -6.16. The number of hydrogen-bond acceptors (Lipinski definition) is 10. The molecule has 10 nitrogen and oxygen atoms in total. The van der Waals surface area contributed by atoms with Crippen LogP contribution in [0.2, 0.25) is 0 Å². The van der Waals surface area contributed by atoms with Crippen LogP contribution in [0.1, 0.15) is 92.6 Å². The first-order chi connectivity index (χ1) is 29.4. The van der Waals surface area contributed by atoms with Gasteiger partial charge in [-0.2, -0.15) is 0 Å². The van der Waals surface area contributed by atoms with Gasteiger partial charge in [0.1, 0.15) is 5.75 Å². The molecule has 2 unspecified atom stereocenters. The third-order valence-corrected chi connectivity index (χ3v) is 11.5. The molecule has 1 aliphatic heterocycles. The molecular formula is C51H61N3O7. The number of carbonyl (C=O) groups excluding carboxylic acids is 2. The Morgan fingerprint density at radius 3 is 2.02 bits per heavy atom. The molecule has 0 aromatic heterocycles. The summed E-state index contributed by atoms with van der Waals surface area (Å²) in [6.07, 6.45) is 10.2. The molecule has 4 aromatic rings. The maximum atomic E-state index is 13.9. The largest absolute Gasteiger partial charge is 0.497 e. The van der Waals surface area contributed by atoms with Gasteiger partial charge in [-0.25, -0.2) is 0 Å². The first-order valence-corrected chi connectivity index (χ1v) is 21.0. The Morgan fingerprint density at radius 1 is 0.820 bits per heavy atom. The van der Waals surface area contributed by atoms with Gasteiger partial charge in [0, 0.05) is 66.7 Å². The molecular weight excluding hydrogens is 767 g/mol. The van der Waals surface area contributed by atoms with Gasteiger partial charge in [0.25, 0.3) is 0 Å². The lowest BCUT2D eigenvalue weighted by Gasteiger charge is -2.29. The van der Waals surface area contributed by atoms with Crippen LogP contribution in [0.25, 0.3) is 11.1 Å². The topological polar surface area (TPSA) is 117 Å². The fraction of sp³-hybridized carbons (Fsp3) is 0.373. The number of anilines is 1. The van der Waals surface area contributed by atoms with Gasteiger partial charge in [0.05, 0.1) is 45.9 Å². The van der Waals surface area contributed by atoms with Gasteiger partial charge < -0.3 is 29.0 Å². The van der Waals surface area contributed by atoms with Crippen molar-refractivity contribution in [2.45, 2.75) is 60.8 Å². The number of nitrogens with zero attached hydrogens (tertiary/aromatic N) is 2. The Morgan fingerprint density at radius 2 is 1.43 bits per heavy atom. The van der Waals surface area contributed by atoms with Gasteiger partial charge in [0.15, 0.2) is 34.6 Å². The first-order valence-electron chi connectivity index (χ1n) is 21.0. The van der Waals surface area contributed by atoms with E-state index in [9.17, 15) is 9.59 Å². The molecule has 4 atom stereocenters. The highest BCUT2D eigenvalue weighted by Gasteiger charge is 2.32. The quantitative estimate of drug-likeness (QED) is 0.0564. The highest BCUT2D eigenvalue weighted by molar-refractivity contribution is 6.04. The lowest BCUT2D eigenvalue weighted by Crippen LogP contribution is -2.28. The molecule has 0 spiro atoms. The number of allylic oxidation sites excluding steroid dienone is 4. The van der Waals surface area contributed by atoms with Crippen molar-refractivity contribution in [1.29, 1.82) is 0 Å². The van der Waals surface area contributed by atoms with Crippen molar-refractivity contribution < 1.29 is 33.3 Å². The number of aliphatic imine (C=N–C) groups is 2. The molecule has 5 rings (SSSR count). The highest BCUT2D eigenvalue weighted by Crippen LogP contribution is 2.41. The molecule has 10 heteroatoms. The molecule has 0 amide bonds. The Labute approximate surface area is 361 Å². The standard InChI is InChI=1S/C51H61N3O7/c1-11-36(39-16-20-42(57-8)21-17-39)24-32(3)30-53-45-28-49(47(58-9)26-43(45)35(6)55)60-22-13-23-61-50-29-46-44(27-48(50)59-10)51(56)34(5)33(4)40(31-54-46)25-37(12-2)38-14-18-41(52-7)19-15-38/h11-12,14-21,26-34,40,52H,13,22-25H2,1-10H3/b36-11+,37-12+,53-30?,54-31?/t32-,33?,34?,40-/m0/s1. The maximum absolute atomic E-state index is 13.9. The SMILES string of the molecule is C/C=C(\C[C@H](C)C=Nc1cc(OCCCOc2cc3c(cc2OC)C(=O)C(C)C(C)[C@@H](C/C(=C\C)c2ccc(NC)cc2)C=N3)c(OC)cc1C(C)=O)c1ccc(OC)cc1. The van der Waals surface area contributed by atoms with E-state index in [2.05, 4.69) is 74.6 Å². The van der Waals surface area contributed by atoms with E-state index in [1.165, 1.54) is 18.1 Å². The van der Waals surface area contributed by atoms with Gasteiger partial charge in [-0.05, 0) is 104 Å². The average molecular weight is 828 g/mol.